The van der Waals surface area contributed by atoms with E-state index < -0.39 is 5.97 Å². The van der Waals surface area contributed by atoms with Gasteiger partial charge in [0.15, 0.2) is 0 Å². The van der Waals surface area contributed by atoms with E-state index in [-0.39, 0.29) is 0 Å². The first kappa shape index (κ1) is 17.0. The van der Waals surface area contributed by atoms with E-state index in [0.717, 1.165) is 25.7 Å². The number of benzene rings is 3. The molecule has 1 N–H and O–H groups in total. The van der Waals surface area contributed by atoms with Crippen LogP contribution in [0.5, 0.6) is 0 Å². The predicted octanol–water partition coefficient (Wildman–Crippen LogP) is 4.96. The maximum Gasteiger partial charge on any atom is 0.335 e. The molecule has 0 unspecified atom stereocenters. The van der Waals surface area contributed by atoms with Gasteiger partial charge < -0.3 is 5.11 Å². The zero-order chi connectivity index (χ0) is 17.5. The van der Waals surface area contributed by atoms with Crippen molar-refractivity contribution in [2.24, 2.45) is 0 Å². The van der Waals surface area contributed by atoms with Gasteiger partial charge in [0.2, 0.25) is 0 Å². The first-order valence-electron chi connectivity index (χ1n) is 8.65. The Hall–Kier alpha value is -2.87. The highest BCUT2D eigenvalue weighted by Crippen LogP contribution is 2.13. The van der Waals surface area contributed by atoms with Gasteiger partial charge in [-0.2, -0.15) is 0 Å². The minimum absolute atomic E-state index is 0.339. The number of carboxylic acid groups (broad SMARTS) is 1. The molecule has 126 valence electrons. The van der Waals surface area contributed by atoms with Crippen molar-refractivity contribution in [2.75, 3.05) is 0 Å². The Morgan fingerprint density at radius 1 is 0.600 bits per heavy atom. The quantitative estimate of drug-likeness (QED) is 0.665. The first-order valence-corrected chi connectivity index (χ1v) is 8.65. The van der Waals surface area contributed by atoms with Crippen LogP contribution in [0.2, 0.25) is 0 Å². The molecule has 25 heavy (non-hydrogen) atoms. The van der Waals surface area contributed by atoms with Crippen LogP contribution in [0.15, 0.2) is 78.9 Å². The summed E-state index contributed by atoms with van der Waals surface area (Å²) in [6.45, 7) is 0. The van der Waals surface area contributed by atoms with Crippen LogP contribution >= 0.6 is 0 Å². The lowest BCUT2D eigenvalue weighted by Crippen LogP contribution is -1.98. The van der Waals surface area contributed by atoms with Gasteiger partial charge in [-0.3, -0.25) is 0 Å². The summed E-state index contributed by atoms with van der Waals surface area (Å²) < 4.78 is 0. The van der Waals surface area contributed by atoms with E-state index in [9.17, 15) is 4.79 Å². The molecule has 0 amide bonds. The van der Waals surface area contributed by atoms with Crippen molar-refractivity contribution in [3.05, 3.63) is 107 Å². The minimum atomic E-state index is -0.877. The van der Waals surface area contributed by atoms with E-state index in [1.807, 2.05) is 18.2 Å². The van der Waals surface area contributed by atoms with Crippen LogP contribution in [0.3, 0.4) is 0 Å². The van der Waals surface area contributed by atoms with Crippen LogP contribution in [0, 0.1) is 0 Å². The van der Waals surface area contributed by atoms with Gasteiger partial charge in [0.05, 0.1) is 5.56 Å². The molecule has 0 bridgehead atoms. The predicted molar refractivity (Wildman–Crippen MR) is 101 cm³/mol. The maximum atomic E-state index is 10.9. The highest BCUT2D eigenvalue weighted by atomic mass is 16.4. The monoisotopic (exact) mass is 330 g/mol. The second kappa shape index (κ2) is 8.29. The zero-order valence-electron chi connectivity index (χ0n) is 14.2. The van der Waals surface area contributed by atoms with Crippen molar-refractivity contribution in [1.82, 2.24) is 0 Å². The van der Waals surface area contributed by atoms with Gasteiger partial charge in [-0.15, -0.1) is 0 Å². The summed E-state index contributed by atoms with van der Waals surface area (Å²) in [4.78, 5) is 10.9. The van der Waals surface area contributed by atoms with Crippen molar-refractivity contribution >= 4 is 5.97 Å². The van der Waals surface area contributed by atoms with E-state index in [1.54, 1.807) is 12.1 Å². The standard InChI is InChI=1S/C23H22O2/c24-23(25)22-15-13-19(14-16-22)10-12-21-8-4-7-20(17-21)11-9-18-5-2-1-3-6-18/h1-8,13-17H,9-12H2,(H,24,25). The number of rotatable bonds is 7. The number of carboxylic acids is 1. The van der Waals surface area contributed by atoms with Crippen molar-refractivity contribution in [3.63, 3.8) is 0 Å². The summed E-state index contributed by atoms with van der Waals surface area (Å²) in [5.41, 5.74) is 5.56. The summed E-state index contributed by atoms with van der Waals surface area (Å²) in [6, 6.07) is 26.5. The molecule has 0 aliphatic rings. The van der Waals surface area contributed by atoms with Crippen LogP contribution < -0.4 is 0 Å². The molecule has 0 fully saturated rings. The number of hydrogen-bond acceptors (Lipinski definition) is 1. The topological polar surface area (TPSA) is 37.3 Å². The Labute approximate surface area is 148 Å². The molecule has 0 heterocycles. The Bertz CT molecular complexity index is 820. The molecule has 0 saturated carbocycles. The zero-order valence-corrected chi connectivity index (χ0v) is 14.2. The van der Waals surface area contributed by atoms with Crippen molar-refractivity contribution < 1.29 is 9.90 Å². The molecule has 0 radical (unpaired) electrons. The van der Waals surface area contributed by atoms with Crippen LogP contribution in [0.4, 0.5) is 0 Å². The third-order valence-electron chi connectivity index (χ3n) is 4.44. The lowest BCUT2D eigenvalue weighted by atomic mass is 9.99. The summed E-state index contributed by atoms with van der Waals surface area (Å²) in [6.07, 6.45) is 3.99. The number of hydrogen-bond donors (Lipinski definition) is 1. The van der Waals surface area contributed by atoms with Crippen molar-refractivity contribution in [2.45, 2.75) is 25.7 Å². The Kier molecular flexibility index (Phi) is 5.63. The summed E-state index contributed by atoms with van der Waals surface area (Å²) in [5, 5.41) is 8.95. The van der Waals surface area contributed by atoms with Gasteiger partial charge in [-0.05, 0) is 60.1 Å². The molecular formula is C23H22O2. The summed E-state index contributed by atoms with van der Waals surface area (Å²) >= 11 is 0. The van der Waals surface area contributed by atoms with Crippen LogP contribution in [0.25, 0.3) is 0 Å². The van der Waals surface area contributed by atoms with Crippen molar-refractivity contribution in [3.8, 4) is 0 Å². The lowest BCUT2D eigenvalue weighted by molar-refractivity contribution is 0.0697. The third-order valence-corrected chi connectivity index (χ3v) is 4.44. The number of aromatic carboxylic acids is 1. The Morgan fingerprint density at radius 3 is 1.64 bits per heavy atom. The van der Waals surface area contributed by atoms with Crippen LogP contribution in [0.1, 0.15) is 32.6 Å². The second-order valence-corrected chi connectivity index (χ2v) is 6.31. The highest BCUT2D eigenvalue weighted by molar-refractivity contribution is 5.87. The number of carbonyl (C=O) groups is 1. The smallest absolute Gasteiger partial charge is 0.335 e. The van der Waals surface area contributed by atoms with E-state index in [4.69, 9.17) is 5.11 Å². The second-order valence-electron chi connectivity index (χ2n) is 6.31. The molecule has 2 heteroatoms. The van der Waals surface area contributed by atoms with Gasteiger partial charge in [-0.1, -0.05) is 66.7 Å². The van der Waals surface area contributed by atoms with Gasteiger partial charge in [0.1, 0.15) is 0 Å². The molecule has 0 aromatic heterocycles. The molecule has 0 spiro atoms. The van der Waals surface area contributed by atoms with Gasteiger partial charge >= 0.3 is 5.97 Å². The molecule has 3 rings (SSSR count). The van der Waals surface area contributed by atoms with Gasteiger partial charge in [0, 0.05) is 0 Å². The molecule has 0 saturated heterocycles. The molecule has 3 aromatic carbocycles. The van der Waals surface area contributed by atoms with E-state index in [0.29, 0.717) is 5.56 Å². The largest absolute Gasteiger partial charge is 0.478 e. The fraction of sp³-hybridized carbons (Fsp3) is 0.174. The Morgan fingerprint density at radius 2 is 1.08 bits per heavy atom. The molecule has 2 nitrogen and oxygen atoms in total. The van der Waals surface area contributed by atoms with E-state index in [1.165, 1.54) is 22.3 Å². The lowest BCUT2D eigenvalue weighted by Gasteiger charge is -2.07. The van der Waals surface area contributed by atoms with Crippen LogP contribution in [-0.2, 0) is 25.7 Å². The molecule has 0 aliphatic carbocycles. The molecular weight excluding hydrogens is 308 g/mol. The fourth-order valence-electron chi connectivity index (χ4n) is 2.98. The Balaban J connectivity index is 1.57. The average molecular weight is 330 g/mol. The highest BCUT2D eigenvalue weighted by Gasteiger charge is 2.03. The SMILES string of the molecule is O=C(O)c1ccc(CCc2cccc(CCc3ccccc3)c2)cc1. The maximum absolute atomic E-state index is 10.9. The first-order chi connectivity index (χ1) is 12.2. The average Bonchev–Trinajstić information content (AvgIpc) is 2.66. The van der Waals surface area contributed by atoms with E-state index in [2.05, 4.69) is 48.5 Å². The minimum Gasteiger partial charge on any atom is -0.478 e. The fourth-order valence-corrected chi connectivity index (χ4v) is 2.98. The van der Waals surface area contributed by atoms with E-state index >= 15 is 0 Å². The van der Waals surface area contributed by atoms with Crippen molar-refractivity contribution in [1.29, 1.82) is 0 Å². The third kappa shape index (κ3) is 5.05. The van der Waals surface area contributed by atoms with Gasteiger partial charge in [-0.25, -0.2) is 4.79 Å². The summed E-state index contributed by atoms with van der Waals surface area (Å²) in [7, 11) is 0. The molecule has 0 aliphatic heterocycles. The summed E-state index contributed by atoms with van der Waals surface area (Å²) in [5.74, 6) is -0.877. The van der Waals surface area contributed by atoms with Crippen LogP contribution in [-0.4, -0.2) is 11.1 Å². The molecule has 0 atom stereocenters. The van der Waals surface area contributed by atoms with Gasteiger partial charge in [0.25, 0.3) is 0 Å². The molecule has 3 aromatic rings. The normalized spacial score (nSPS) is 10.6. The number of aryl methyl sites for hydroxylation is 4.